The lowest BCUT2D eigenvalue weighted by Gasteiger charge is -2.26. The number of rotatable bonds is 2. The summed E-state index contributed by atoms with van der Waals surface area (Å²) >= 11 is 0. The minimum atomic E-state index is -0.323. The molecule has 13 heavy (non-hydrogen) atoms. The van der Waals surface area contributed by atoms with Gasteiger partial charge < -0.3 is 10.1 Å². The summed E-state index contributed by atoms with van der Waals surface area (Å²) in [6.45, 7) is 1.79. The molecule has 5 nitrogen and oxygen atoms in total. The van der Waals surface area contributed by atoms with E-state index in [0.717, 1.165) is 18.8 Å². The Morgan fingerprint density at radius 1 is 1.69 bits per heavy atom. The first-order valence-corrected chi connectivity index (χ1v) is 4.15. The fraction of sp³-hybridized carbons (Fsp3) is 0.500. The standard InChI is InChI=1S/C8H11N3O2/c1-13-8(12)6-4-10-11-7(6)5-2-9-3-5/h4-5,9H,2-3H2,1H3,(H,10,11). The summed E-state index contributed by atoms with van der Waals surface area (Å²) in [6.07, 6.45) is 1.51. The SMILES string of the molecule is COC(=O)c1cn[nH]c1C1CNC1. The molecule has 1 saturated heterocycles. The minimum Gasteiger partial charge on any atom is -0.465 e. The Hall–Kier alpha value is -1.36. The van der Waals surface area contributed by atoms with Crippen LogP contribution in [0.5, 0.6) is 0 Å². The second-order valence-electron chi connectivity index (χ2n) is 3.04. The molecule has 1 fully saturated rings. The fourth-order valence-electron chi connectivity index (χ4n) is 1.37. The molecule has 1 aromatic heterocycles. The first-order chi connectivity index (χ1) is 6.33. The van der Waals surface area contributed by atoms with Crippen LogP contribution in [0.4, 0.5) is 0 Å². The average molecular weight is 181 g/mol. The Kier molecular flexibility index (Phi) is 2.02. The van der Waals surface area contributed by atoms with Gasteiger partial charge in [-0.05, 0) is 0 Å². The van der Waals surface area contributed by atoms with Crippen molar-refractivity contribution in [3.8, 4) is 0 Å². The molecule has 0 aromatic carbocycles. The average Bonchev–Trinajstić information content (AvgIpc) is 2.49. The first-order valence-electron chi connectivity index (χ1n) is 4.15. The van der Waals surface area contributed by atoms with Crippen LogP contribution in [-0.4, -0.2) is 36.4 Å². The smallest absolute Gasteiger partial charge is 0.341 e. The van der Waals surface area contributed by atoms with Crippen LogP contribution < -0.4 is 5.32 Å². The van der Waals surface area contributed by atoms with Gasteiger partial charge in [0.05, 0.1) is 19.0 Å². The number of aromatic nitrogens is 2. The molecule has 0 bridgehead atoms. The second-order valence-corrected chi connectivity index (χ2v) is 3.04. The van der Waals surface area contributed by atoms with Crippen molar-refractivity contribution in [3.05, 3.63) is 17.5 Å². The van der Waals surface area contributed by atoms with Crippen LogP contribution in [-0.2, 0) is 4.74 Å². The lowest BCUT2D eigenvalue weighted by molar-refractivity contribution is 0.0598. The van der Waals surface area contributed by atoms with E-state index in [1.165, 1.54) is 13.3 Å². The van der Waals surface area contributed by atoms with Gasteiger partial charge in [0, 0.05) is 19.0 Å². The quantitative estimate of drug-likeness (QED) is 0.624. The molecular formula is C8H11N3O2. The van der Waals surface area contributed by atoms with Crippen molar-refractivity contribution in [2.45, 2.75) is 5.92 Å². The molecule has 5 heteroatoms. The molecule has 2 heterocycles. The molecule has 1 aliphatic rings. The third-order valence-electron chi connectivity index (χ3n) is 2.26. The molecule has 2 N–H and O–H groups in total. The van der Waals surface area contributed by atoms with E-state index in [2.05, 4.69) is 20.3 Å². The third kappa shape index (κ3) is 1.31. The fourth-order valence-corrected chi connectivity index (χ4v) is 1.37. The molecule has 0 spiro atoms. The second kappa shape index (κ2) is 3.18. The molecule has 70 valence electrons. The van der Waals surface area contributed by atoms with E-state index in [1.54, 1.807) is 0 Å². The van der Waals surface area contributed by atoms with Gasteiger partial charge in [0.2, 0.25) is 0 Å². The van der Waals surface area contributed by atoms with Crippen LogP contribution in [0.15, 0.2) is 6.20 Å². The van der Waals surface area contributed by atoms with Crippen molar-refractivity contribution in [1.82, 2.24) is 15.5 Å². The highest BCUT2D eigenvalue weighted by molar-refractivity contribution is 5.90. The number of carbonyl (C=O) groups excluding carboxylic acids is 1. The first kappa shape index (κ1) is 8.25. The number of aromatic amines is 1. The number of H-pyrrole nitrogens is 1. The van der Waals surface area contributed by atoms with Crippen LogP contribution in [0.1, 0.15) is 22.0 Å². The Labute approximate surface area is 75.5 Å². The number of methoxy groups -OCH3 is 1. The molecule has 2 rings (SSSR count). The van der Waals surface area contributed by atoms with Crippen molar-refractivity contribution in [1.29, 1.82) is 0 Å². The van der Waals surface area contributed by atoms with Crippen molar-refractivity contribution < 1.29 is 9.53 Å². The van der Waals surface area contributed by atoms with Crippen molar-refractivity contribution in [2.75, 3.05) is 20.2 Å². The summed E-state index contributed by atoms with van der Waals surface area (Å²) < 4.78 is 4.63. The zero-order valence-corrected chi connectivity index (χ0v) is 7.33. The molecule has 1 aromatic rings. The normalized spacial score (nSPS) is 16.7. The van der Waals surface area contributed by atoms with Crippen molar-refractivity contribution >= 4 is 5.97 Å². The van der Waals surface area contributed by atoms with E-state index in [0.29, 0.717) is 11.5 Å². The molecule has 0 amide bonds. The van der Waals surface area contributed by atoms with Gasteiger partial charge >= 0.3 is 5.97 Å². The molecule has 0 atom stereocenters. The number of ether oxygens (including phenoxy) is 1. The Morgan fingerprint density at radius 2 is 2.46 bits per heavy atom. The topological polar surface area (TPSA) is 67.0 Å². The monoisotopic (exact) mass is 181 g/mol. The Balaban J connectivity index is 2.24. The number of nitrogens with zero attached hydrogens (tertiary/aromatic N) is 1. The van der Waals surface area contributed by atoms with E-state index < -0.39 is 0 Å². The number of hydrogen-bond acceptors (Lipinski definition) is 4. The minimum absolute atomic E-state index is 0.323. The van der Waals surface area contributed by atoms with Gasteiger partial charge in [-0.25, -0.2) is 4.79 Å². The van der Waals surface area contributed by atoms with Gasteiger partial charge in [0.1, 0.15) is 5.56 Å². The lowest BCUT2D eigenvalue weighted by atomic mass is 9.96. The molecular weight excluding hydrogens is 170 g/mol. The third-order valence-corrected chi connectivity index (χ3v) is 2.26. The predicted octanol–water partition coefficient (Wildman–Crippen LogP) is -0.117. The van der Waals surface area contributed by atoms with Gasteiger partial charge in [-0.15, -0.1) is 0 Å². The van der Waals surface area contributed by atoms with E-state index in [9.17, 15) is 4.79 Å². The highest BCUT2D eigenvalue weighted by atomic mass is 16.5. The highest BCUT2D eigenvalue weighted by Gasteiger charge is 2.26. The van der Waals surface area contributed by atoms with Gasteiger partial charge in [0.25, 0.3) is 0 Å². The molecule has 0 radical (unpaired) electrons. The van der Waals surface area contributed by atoms with Crippen LogP contribution in [0, 0.1) is 0 Å². The zero-order valence-electron chi connectivity index (χ0n) is 7.33. The Bertz CT molecular complexity index is 317. The van der Waals surface area contributed by atoms with E-state index >= 15 is 0 Å². The van der Waals surface area contributed by atoms with Crippen molar-refractivity contribution in [3.63, 3.8) is 0 Å². The summed E-state index contributed by atoms with van der Waals surface area (Å²) in [4.78, 5) is 11.2. The van der Waals surface area contributed by atoms with Gasteiger partial charge in [-0.3, -0.25) is 5.10 Å². The zero-order chi connectivity index (χ0) is 9.26. The molecule has 1 aliphatic heterocycles. The molecule has 0 aliphatic carbocycles. The highest BCUT2D eigenvalue weighted by Crippen LogP contribution is 2.21. The van der Waals surface area contributed by atoms with Crippen LogP contribution in [0.25, 0.3) is 0 Å². The Morgan fingerprint density at radius 3 is 3.00 bits per heavy atom. The largest absolute Gasteiger partial charge is 0.465 e. The number of nitrogens with one attached hydrogen (secondary N) is 2. The van der Waals surface area contributed by atoms with Gasteiger partial charge in [-0.1, -0.05) is 0 Å². The van der Waals surface area contributed by atoms with Crippen LogP contribution in [0.3, 0.4) is 0 Å². The maximum atomic E-state index is 11.2. The predicted molar refractivity (Wildman–Crippen MR) is 45.5 cm³/mol. The van der Waals surface area contributed by atoms with Crippen LogP contribution in [0.2, 0.25) is 0 Å². The summed E-state index contributed by atoms with van der Waals surface area (Å²) in [6, 6.07) is 0. The van der Waals surface area contributed by atoms with Crippen LogP contribution >= 0.6 is 0 Å². The summed E-state index contributed by atoms with van der Waals surface area (Å²) in [5.41, 5.74) is 1.43. The van der Waals surface area contributed by atoms with Crippen molar-refractivity contribution in [2.24, 2.45) is 0 Å². The summed E-state index contributed by atoms with van der Waals surface area (Å²) in [5.74, 6) is 0.0484. The summed E-state index contributed by atoms with van der Waals surface area (Å²) in [5, 5.41) is 9.81. The van der Waals surface area contributed by atoms with Gasteiger partial charge in [0.15, 0.2) is 0 Å². The summed E-state index contributed by atoms with van der Waals surface area (Å²) in [7, 11) is 1.37. The molecule has 0 unspecified atom stereocenters. The lowest BCUT2D eigenvalue weighted by Crippen LogP contribution is -2.40. The van der Waals surface area contributed by atoms with E-state index in [-0.39, 0.29) is 5.97 Å². The number of carbonyl (C=O) groups is 1. The number of hydrogen-bond donors (Lipinski definition) is 2. The van der Waals surface area contributed by atoms with Gasteiger partial charge in [-0.2, -0.15) is 5.10 Å². The van der Waals surface area contributed by atoms with E-state index in [1.807, 2.05) is 0 Å². The maximum Gasteiger partial charge on any atom is 0.341 e. The molecule has 0 saturated carbocycles. The number of esters is 1. The maximum absolute atomic E-state index is 11.2. The van der Waals surface area contributed by atoms with E-state index in [4.69, 9.17) is 0 Å².